The number of carbonyl (C=O) groups excluding carboxylic acids is 2. The Balaban J connectivity index is 3.27. The van der Waals surface area contributed by atoms with Crippen LogP contribution in [0.25, 0.3) is 0 Å². The smallest absolute Gasteiger partial charge is 0.245 e. The van der Waals surface area contributed by atoms with E-state index in [4.69, 9.17) is 0 Å². The van der Waals surface area contributed by atoms with Crippen LogP contribution in [0.2, 0.25) is 0 Å². The van der Waals surface area contributed by atoms with Crippen LogP contribution >= 0.6 is 0 Å². The Morgan fingerprint density at radius 3 is 1.73 bits per heavy atom. The second-order valence-corrected chi connectivity index (χ2v) is 1.86. The average Bonchev–Trinajstić information content (AvgIpc) is 2.04. The molecule has 0 aromatic heterocycles. The summed E-state index contributed by atoms with van der Waals surface area (Å²) in [6.07, 6.45) is 0.643. The van der Waals surface area contributed by atoms with E-state index in [1.54, 1.807) is 13.8 Å². The molecule has 0 aliphatic rings. The average molecular weight is 160 g/mol. The van der Waals surface area contributed by atoms with Crippen molar-refractivity contribution in [3.63, 3.8) is 0 Å². The lowest BCUT2D eigenvalue weighted by atomic mass is 10.5. The number of hydroxylamine groups is 2. The van der Waals surface area contributed by atoms with Crippen LogP contribution in [0.15, 0.2) is 0 Å². The molecule has 0 aromatic carbocycles. The number of carbonyl (C=O) groups is 2. The van der Waals surface area contributed by atoms with Gasteiger partial charge in [-0.2, -0.15) is 4.94 Å². The normalized spacial score (nSPS) is 8.91. The minimum Gasteiger partial charge on any atom is -0.273 e. The van der Waals surface area contributed by atoms with Crippen molar-refractivity contribution in [1.29, 1.82) is 0 Å². The van der Waals surface area contributed by atoms with Crippen LogP contribution in [0, 0.1) is 0 Å². The molecule has 0 saturated carbocycles. The Bertz CT molecular complexity index is 131. The molecule has 0 bridgehead atoms. The molecule has 0 spiro atoms. The number of hydrogen-bond donors (Lipinski definition) is 2. The minimum atomic E-state index is -0.276. The molecule has 0 rings (SSSR count). The summed E-state index contributed by atoms with van der Waals surface area (Å²) in [5.41, 5.74) is 4.05. The van der Waals surface area contributed by atoms with Gasteiger partial charge in [-0.3, -0.25) is 9.59 Å². The van der Waals surface area contributed by atoms with Gasteiger partial charge in [0, 0.05) is 12.8 Å². The Hall–Kier alpha value is -1.10. The molecule has 0 radical (unpaired) electrons. The Morgan fingerprint density at radius 2 is 1.45 bits per heavy atom. The zero-order valence-corrected chi connectivity index (χ0v) is 6.64. The van der Waals surface area contributed by atoms with Gasteiger partial charge in [0.1, 0.15) is 0 Å². The van der Waals surface area contributed by atoms with Crippen LogP contribution in [0.4, 0.5) is 0 Å². The second kappa shape index (κ2) is 5.67. The zero-order chi connectivity index (χ0) is 8.69. The van der Waals surface area contributed by atoms with Crippen molar-refractivity contribution >= 4 is 11.8 Å². The van der Waals surface area contributed by atoms with Crippen molar-refractivity contribution in [3.8, 4) is 0 Å². The molecule has 0 atom stereocenters. The summed E-state index contributed by atoms with van der Waals surface area (Å²) in [4.78, 5) is 25.3. The molecule has 5 heteroatoms. The molecule has 0 aliphatic heterocycles. The topological polar surface area (TPSA) is 67.4 Å². The number of rotatable bonds is 4. The SMILES string of the molecule is CCC(=O)NONC(=O)CC. The van der Waals surface area contributed by atoms with Gasteiger partial charge < -0.3 is 0 Å². The standard InChI is InChI=1S/C6H12N2O3/c1-3-5(9)7-11-8-6(10)4-2/h3-4H2,1-2H3,(H,7,9)(H,8,10). The molecule has 11 heavy (non-hydrogen) atoms. The maximum atomic E-state index is 10.5. The molecular formula is C6H12N2O3. The Kier molecular flexibility index (Phi) is 5.10. The molecule has 0 fully saturated rings. The van der Waals surface area contributed by atoms with Crippen molar-refractivity contribution < 1.29 is 14.5 Å². The third-order valence-electron chi connectivity index (χ3n) is 0.972. The molecule has 0 unspecified atom stereocenters. The van der Waals surface area contributed by atoms with Gasteiger partial charge in [0.15, 0.2) is 0 Å². The van der Waals surface area contributed by atoms with Crippen LogP contribution in [-0.4, -0.2) is 11.8 Å². The van der Waals surface area contributed by atoms with E-state index in [-0.39, 0.29) is 11.8 Å². The first-order valence-electron chi connectivity index (χ1n) is 3.44. The fourth-order valence-corrected chi connectivity index (χ4v) is 0.284. The summed E-state index contributed by atoms with van der Waals surface area (Å²) in [6.45, 7) is 3.36. The van der Waals surface area contributed by atoms with Crippen molar-refractivity contribution in [2.45, 2.75) is 26.7 Å². The largest absolute Gasteiger partial charge is 0.273 e. The van der Waals surface area contributed by atoms with E-state index in [1.165, 1.54) is 0 Å². The Labute approximate surface area is 65.0 Å². The van der Waals surface area contributed by atoms with Gasteiger partial charge in [0.05, 0.1) is 0 Å². The predicted molar refractivity (Wildman–Crippen MR) is 38.0 cm³/mol. The monoisotopic (exact) mass is 160 g/mol. The highest BCUT2D eigenvalue weighted by Crippen LogP contribution is 1.75. The first-order chi connectivity index (χ1) is 5.20. The summed E-state index contributed by atoms with van der Waals surface area (Å²) >= 11 is 0. The number of hydrogen-bond acceptors (Lipinski definition) is 3. The van der Waals surface area contributed by atoms with Crippen LogP contribution in [0.1, 0.15) is 26.7 Å². The van der Waals surface area contributed by atoms with Gasteiger partial charge in [-0.25, -0.2) is 11.0 Å². The number of nitrogens with one attached hydrogen (secondary N) is 2. The van der Waals surface area contributed by atoms with E-state index in [2.05, 4.69) is 4.94 Å². The van der Waals surface area contributed by atoms with E-state index >= 15 is 0 Å². The highest BCUT2D eigenvalue weighted by molar-refractivity contribution is 5.76. The third kappa shape index (κ3) is 5.35. The molecule has 0 aliphatic carbocycles. The fraction of sp³-hybridized carbons (Fsp3) is 0.667. The van der Waals surface area contributed by atoms with Gasteiger partial charge in [0.25, 0.3) is 0 Å². The zero-order valence-electron chi connectivity index (χ0n) is 6.64. The van der Waals surface area contributed by atoms with Gasteiger partial charge in [0.2, 0.25) is 11.8 Å². The highest BCUT2D eigenvalue weighted by Gasteiger charge is 1.97. The maximum Gasteiger partial charge on any atom is 0.245 e. The molecule has 2 amide bonds. The van der Waals surface area contributed by atoms with Crippen molar-refractivity contribution in [2.75, 3.05) is 0 Å². The van der Waals surface area contributed by atoms with Crippen LogP contribution in [0.5, 0.6) is 0 Å². The molecule has 0 aromatic rings. The summed E-state index contributed by atoms with van der Waals surface area (Å²) in [5.74, 6) is -0.553. The quantitative estimate of drug-likeness (QED) is 0.563. The molecule has 0 saturated heterocycles. The van der Waals surface area contributed by atoms with Gasteiger partial charge in [-0.1, -0.05) is 13.8 Å². The van der Waals surface area contributed by atoms with Crippen LogP contribution < -0.4 is 11.0 Å². The lowest BCUT2D eigenvalue weighted by molar-refractivity contribution is -0.150. The van der Waals surface area contributed by atoms with E-state index in [9.17, 15) is 9.59 Å². The van der Waals surface area contributed by atoms with Gasteiger partial charge in [-0.15, -0.1) is 0 Å². The molecule has 2 N–H and O–H groups in total. The number of amides is 2. The Morgan fingerprint density at radius 1 is 1.09 bits per heavy atom. The molecule has 5 nitrogen and oxygen atoms in total. The second-order valence-electron chi connectivity index (χ2n) is 1.86. The molecule has 0 heterocycles. The van der Waals surface area contributed by atoms with E-state index < -0.39 is 0 Å². The lowest BCUT2D eigenvalue weighted by Gasteiger charge is -2.02. The third-order valence-corrected chi connectivity index (χ3v) is 0.972. The van der Waals surface area contributed by atoms with Crippen molar-refractivity contribution in [3.05, 3.63) is 0 Å². The summed E-state index contributed by atoms with van der Waals surface area (Å²) in [7, 11) is 0. The van der Waals surface area contributed by atoms with Crippen molar-refractivity contribution in [1.82, 2.24) is 11.0 Å². The lowest BCUT2D eigenvalue weighted by Crippen LogP contribution is -2.33. The first kappa shape index (κ1) is 9.90. The van der Waals surface area contributed by atoms with Crippen molar-refractivity contribution in [2.24, 2.45) is 0 Å². The van der Waals surface area contributed by atoms with Gasteiger partial charge in [-0.05, 0) is 0 Å². The van der Waals surface area contributed by atoms with Gasteiger partial charge >= 0.3 is 0 Å². The summed E-state index contributed by atoms with van der Waals surface area (Å²) < 4.78 is 0. The van der Waals surface area contributed by atoms with Crippen LogP contribution in [0.3, 0.4) is 0 Å². The summed E-state index contributed by atoms with van der Waals surface area (Å²) in [6, 6.07) is 0. The maximum absolute atomic E-state index is 10.5. The molecule has 64 valence electrons. The van der Waals surface area contributed by atoms with E-state index in [0.717, 1.165) is 0 Å². The highest BCUT2D eigenvalue weighted by atomic mass is 16.8. The summed E-state index contributed by atoms with van der Waals surface area (Å²) in [5, 5.41) is 0. The minimum absolute atomic E-state index is 0.276. The van der Waals surface area contributed by atoms with E-state index in [0.29, 0.717) is 12.8 Å². The first-order valence-corrected chi connectivity index (χ1v) is 3.44. The molecular weight excluding hydrogens is 148 g/mol. The van der Waals surface area contributed by atoms with E-state index in [1.807, 2.05) is 11.0 Å². The fourth-order valence-electron chi connectivity index (χ4n) is 0.284. The predicted octanol–water partition coefficient (Wildman–Crippen LogP) is -0.115. The van der Waals surface area contributed by atoms with Crippen LogP contribution in [-0.2, 0) is 14.5 Å².